The second-order valence-electron chi connectivity index (χ2n) is 3.07. The molecule has 0 bridgehead atoms. The van der Waals surface area contributed by atoms with Crippen LogP contribution in [0.15, 0.2) is 31.3 Å². The summed E-state index contributed by atoms with van der Waals surface area (Å²) in [6.07, 6.45) is 1.68. The lowest BCUT2D eigenvalue weighted by Gasteiger charge is -2.07. The second kappa shape index (κ2) is 4.73. The Labute approximate surface area is 117 Å². The maximum absolute atomic E-state index is 5.23. The Morgan fingerprint density at radius 1 is 1.33 bits per heavy atom. The topological polar surface area (TPSA) is 13.1 Å². The molecular formula is C10H7Br3OS. The fourth-order valence-corrected chi connectivity index (χ4v) is 4.87. The van der Waals surface area contributed by atoms with E-state index in [2.05, 4.69) is 60.8 Å². The van der Waals surface area contributed by atoms with Gasteiger partial charge >= 0.3 is 0 Å². The minimum absolute atomic E-state index is 0.174. The molecule has 0 spiro atoms. The lowest BCUT2D eigenvalue weighted by Crippen LogP contribution is -1.90. The summed E-state index contributed by atoms with van der Waals surface area (Å²) in [6.45, 7) is 2.12. The first-order valence-electron chi connectivity index (χ1n) is 4.22. The molecule has 0 saturated carbocycles. The smallest absolute Gasteiger partial charge is 0.173 e. The van der Waals surface area contributed by atoms with Crippen molar-refractivity contribution in [3.05, 3.63) is 42.9 Å². The molecule has 0 radical (unpaired) electrons. The maximum atomic E-state index is 5.23. The lowest BCUT2D eigenvalue weighted by atomic mass is 10.1. The number of furan rings is 1. The molecule has 0 saturated heterocycles. The number of aryl methyl sites for hydroxylation is 1. The van der Waals surface area contributed by atoms with Gasteiger partial charge in [-0.2, -0.15) is 0 Å². The third-order valence-corrected chi connectivity index (χ3v) is 5.32. The van der Waals surface area contributed by atoms with E-state index < -0.39 is 0 Å². The number of thiophene rings is 1. The Hall–Kier alpha value is 0.420. The SMILES string of the molecule is Cc1sc(Br)cc1C(Br)c1ccoc1Br. The third kappa shape index (κ3) is 2.40. The fourth-order valence-electron chi connectivity index (χ4n) is 1.36. The van der Waals surface area contributed by atoms with Crippen LogP contribution in [0.5, 0.6) is 0 Å². The number of rotatable bonds is 2. The average Bonchev–Trinajstić information content (AvgIpc) is 2.71. The van der Waals surface area contributed by atoms with E-state index in [1.54, 1.807) is 17.6 Å². The predicted octanol–water partition coefficient (Wildman–Crippen LogP) is 5.66. The molecule has 80 valence electrons. The van der Waals surface area contributed by atoms with E-state index in [4.69, 9.17) is 4.42 Å². The number of hydrogen-bond acceptors (Lipinski definition) is 2. The molecule has 0 amide bonds. The summed E-state index contributed by atoms with van der Waals surface area (Å²) in [5.41, 5.74) is 2.39. The Kier molecular flexibility index (Phi) is 3.75. The molecule has 2 aromatic rings. The van der Waals surface area contributed by atoms with Gasteiger partial charge in [0, 0.05) is 10.4 Å². The zero-order chi connectivity index (χ0) is 11.0. The molecule has 0 aromatic carbocycles. The quantitative estimate of drug-likeness (QED) is 0.578. The van der Waals surface area contributed by atoms with Gasteiger partial charge in [-0.3, -0.25) is 0 Å². The van der Waals surface area contributed by atoms with Gasteiger partial charge in [0.25, 0.3) is 0 Å². The van der Waals surface area contributed by atoms with Crippen molar-refractivity contribution in [2.24, 2.45) is 0 Å². The summed E-state index contributed by atoms with van der Waals surface area (Å²) in [5, 5.41) is 0. The largest absolute Gasteiger partial charge is 0.457 e. The summed E-state index contributed by atoms with van der Waals surface area (Å²) in [7, 11) is 0. The third-order valence-electron chi connectivity index (χ3n) is 2.12. The van der Waals surface area contributed by atoms with Crippen LogP contribution in [0.2, 0.25) is 0 Å². The minimum atomic E-state index is 0.174. The van der Waals surface area contributed by atoms with Crippen LogP contribution in [0.25, 0.3) is 0 Å². The number of halogens is 3. The minimum Gasteiger partial charge on any atom is -0.457 e. The molecule has 0 aliphatic rings. The molecule has 0 aliphatic heterocycles. The highest BCUT2D eigenvalue weighted by Gasteiger charge is 2.19. The highest BCUT2D eigenvalue weighted by atomic mass is 79.9. The zero-order valence-corrected chi connectivity index (χ0v) is 13.3. The normalized spacial score (nSPS) is 13.1. The van der Waals surface area contributed by atoms with E-state index in [9.17, 15) is 0 Å². The first-order chi connectivity index (χ1) is 7.09. The van der Waals surface area contributed by atoms with E-state index in [0.29, 0.717) is 0 Å². The number of hydrogen-bond donors (Lipinski definition) is 0. The molecule has 15 heavy (non-hydrogen) atoms. The van der Waals surface area contributed by atoms with E-state index in [1.807, 2.05) is 6.07 Å². The maximum Gasteiger partial charge on any atom is 0.173 e. The van der Waals surface area contributed by atoms with Crippen molar-refractivity contribution in [2.75, 3.05) is 0 Å². The Bertz CT molecular complexity index is 475. The predicted molar refractivity (Wildman–Crippen MR) is 73.9 cm³/mol. The average molecular weight is 415 g/mol. The van der Waals surface area contributed by atoms with Gasteiger partial charge in [0.05, 0.1) is 14.9 Å². The molecule has 0 aliphatic carbocycles. The standard InChI is InChI=1S/C10H7Br3OS/c1-5-7(4-8(11)15-5)9(12)6-2-3-14-10(6)13/h2-4,9H,1H3. The first kappa shape index (κ1) is 11.9. The Morgan fingerprint density at radius 3 is 2.53 bits per heavy atom. The molecule has 1 atom stereocenters. The monoisotopic (exact) mass is 412 g/mol. The van der Waals surface area contributed by atoms with Crippen LogP contribution < -0.4 is 0 Å². The molecule has 2 heterocycles. The van der Waals surface area contributed by atoms with E-state index in [1.165, 1.54) is 10.4 Å². The van der Waals surface area contributed by atoms with Gasteiger partial charge in [-0.25, -0.2) is 0 Å². The molecule has 0 fully saturated rings. The van der Waals surface area contributed by atoms with Crippen molar-refractivity contribution < 1.29 is 4.42 Å². The molecule has 5 heteroatoms. The highest BCUT2D eigenvalue weighted by molar-refractivity contribution is 9.11. The molecule has 2 aromatic heterocycles. The fraction of sp³-hybridized carbons (Fsp3) is 0.200. The van der Waals surface area contributed by atoms with Gasteiger partial charge in [-0.15, -0.1) is 11.3 Å². The van der Waals surface area contributed by atoms with Gasteiger partial charge in [0.2, 0.25) is 0 Å². The summed E-state index contributed by atoms with van der Waals surface area (Å²) in [4.78, 5) is 1.48. The van der Waals surface area contributed by atoms with Gasteiger partial charge in [0.15, 0.2) is 4.67 Å². The highest BCUT2D eigenvalue weighted by Crippen LogP contribution is 2.41. The van der Waals surface area contributed by atoms with Gasteiger partial charge in [0.1, 0.15) is 0 Å². The lowest BCUT2D eigenvalue weighted by molar-refractivity contribution is 0.537. The first-order valence-corrected chi connectivity index (χ1v) is 7.54. The molecule has 1 unspecified atom stereocenters. The molecular weight excluding hydrogens is 408 g/mol. The van der Waals surface area contributed by atoms with Crippen LogP contribution in [0.3, 0.4) is 0 Å². The van der Waals surface area contributed by atoms with Crippen LogP contribution in [0.1, 0.15) is 20.8 Å². The molecule has 2 rings (SSSR count). The van der Waals surface area contributed by atoms with E-state index >= 15 is 0 Å². The molecule has 0 N–H and O–H groups in total. The van der Waals surface area contributed by atoms with Crippen LogP contribution in [0, 0.1) is 6.92 Å². The van der Waals surface area contributed by atoms with Gasteiger partial charge < -0.3 is 4.42 Å². The Balaban J connectivity index is 2.40. The zero-order valence-electron chi connectivity index (χ0n) is 7.76. The van der Waals surface area contributed by atoms with Gasteiger partial charge in [-0.1, -0.05) is 15.9 Å². The molecule has 1 nitrogen and oxygen atoms in total. The van der Waals surface area contributed by atoms with Crippen molar-refractivity contribution in [3.63, 3.8) is 0 Å². The van der Waals surface area contributed by atoms with Crippen LogP contribution in [0.4, 0.5) is 0 Å². The van der Waals surface area contributed by atoms with E-state index in [0.717, 1.165) is 14.0 Å². The van der Waals surface area contributed by atoms with Crippen molar-refractivity contribution in [2.45, 2.75) is 11.8 Å². The number of alkyl halides is 1. The van der Waals surface area contributed by atoms with Crippen molar-refractivity contribution in [1.82, 2.24) is 0 Å². The van der Waals surface area contributed by atoms with Crippen molar-refractivity contribution in [3.8, 4) is 0 Å². The van der Waals surface area contributed by atoms with Crippen LogP contribution in [-0.4, -0.2) is 0 Å². The summed E-state index contributed by atoms with van der Waals surface area (Å²) in [5.74, 6) is 0. The summed E-state index contributed by atoms with van der Waals surface area (Å²) in [6, 6.07) is 4.10. The van der Waals surface area contributed by atoms with Gasteiger partial charge in [-0.05, 0) is 56.5 Å². The van der Waals surface area contributed by atoms with E-state index in [-0.39, 0.29) is 4.83 Å². The Morgan fingerprint density at radius 2 is 2.07 bits per heavy atom. The van der Waals surface area contributed by atoms with Crippen molar-refractivity contribution in [1.29, 1.82) is 0 Å². The van der Waals surface area contributed by atoms with Crippen LogP contribution >= 0.6 is 59.1 Å². The van der Waals surface area contributed by atoms with Crippen LogP contribution in [-0.2, 0) is 0 Å². The summed E-state index contributed by atoms with van der Waals surface area (Å²) >= 11 is 12.3. The second-order valence-corrected chi connectivity index (χ2v) is 7.35. The van der Waals surface area contributed by atoms with Crippen molar-refractivity contribution >= 4 is 59.1 Å². The summed E-state index contributed by atoms with van der Waals surface area (Å²) < 4.78 is 7.17.